The van der Waals surface area contributed by atoms with Crippen LogP contribution in [0.5, 0.6) is 5.75 Å². The van der Waals surface area contributed by atoms with Gasteiger partial charge in [-0.3, -0.25) is 4.90 Å². The summed E-state index contributed by atoms with van der Waals surface area (Å²) >= 11 is 1.06. The summed E-state index contributed by atoms with van der Waals surface area (Å²) in [6.07, 6.45) is -2.20. The fraction of sp³-hybridized carbons (Fsp3) is 0.433. The molecule has 3 aromatic heterocycles. The topological polar surface area (TPSA) is 100 Å². The highest BCUT2D eigenvalue weighted by Crippen LogP contribution is 2.34. The Morgan fingerprint density at radius 1 is 1.23 bits per heavy atom. The Bertz CT molecular complexity index is 1670. The van der Waals surface area contributed by atoms with Crippen molar-refractivity contribution in [2.45, 2.75) is 50.7 Å². The van der Waals surface area contributed by atoms with Crippen LogP contribution in [0.25, 0.3) is 21.1 Å². The average molecular weight is 612 g/mol. The van der Waals surface area contributed by atoms with Crippen molar-refractivity contribution in [1.29, 1.82) is 5.26 Å². The molecule has 2 fully saturated rings. The van der Waals surface area contributed by atoms with Crippen LogP contribution in [-0.4, -0.2) is 71.1 Å². The number of nitrogens with zero attached hydrogens (tertiary/aromatic N) is 5. The second-order valence-corrected chi connectivity index (χ2v) is 12.1. The van der Waals surface area contributed by atoms with Crippen LogP contribution in [0.4, 0.5) is 19.0 Å². The number of aromatic nitrogens is 3. The minimum absolute atomic E-state index is 0.0751. The molecule has 9 nitrogen and oxygen atoms in total. The number of ether oxygens (including phenoxy) is 2. The van der Waals surface area contributed by atoms with Crippen LogP contribution in [0.2, 0.25) is 0 Å². The van der Waals surface area contributed by atoms with E-state index in [4.69, 9.17) is 9.47 Å². The van der Waals surface area contributed by atoms with E-state index in [1.165, 1.54) is 6.33 Å². The van der Waals surface area contributed by atoms with E-state index in [0.717, 1.165) is 65.2 Å². The van der Waals surface area contributed by atoms with Gasteiger partial charge >= 0.3 is 6.18 Å². The molecule has 1 atom stereocenters. The van der Waals surface area contributed by atoms with Gasteiger partial charge in [0.05, 0.1) is 43.7 Å². The van der Waals surface area contributed by atoms with Crippen molar-refractivity contribution in [2.75, 3.05) is 38.7 Å². The summed E-state index contributed by atoms with van der Waals surface area (Å²) in [6.45, 7) is 7.89. The lowest BCUT2D eigenvalue weighted by Gasteiger charge is -2.33. The van der Waals surface area contributed by atoms with Gasteiger partial charge in [0, 0.05) is 59.8 Å². The summed E-state index contributed by atoms with van der Waals surface area (Å²) in [4.78, 5) is 11.7. The van der Waals surface area contributed by atoms with Crippen LogP contribution in [-0.2, 0) is 24.2 Å². The third kappa shape index (κ3) is 6.56. The van der Waals surface area contributed by atoms with Crippen molar-refractivity contribution in [1.82, 2.24) is 24.8 Å². The van der Waals surface area contributed by atoms with Crippen molar-refractivity contribution in [2.24, 2.45) is 0 Å². The number of halogens is 3. The number of thiophene rings is 1. The van der Waals surface area contributed by atoms with Crippen LogP contribution in [0.3, 0.4) is 0 Å². The number of anilines is 1. The number of fused-ring (bicyclic) bond motifs is 2. The lowest BCUT2D eigenvalue weighted by molar-refractivity contribution is -0.126. The number of morpholine rings is 1. The molecule has 6 rings (SSSR count). The Balaban J connectivity index is 1.12. The molecule has 43 heavy (non-hydrogen) atoms. The van der Waals surface area contributed by atoms with Gasteiger partial charge in [0.15, 0.2) is 0 Å². The lowest BCUT2D eigenvalue weighted by atomic mass is 10.0. The maximum atomic E-state index is 12.9. The number of nitriles is 1. The zero-order chi connectivity index (χ0) is 30.1. The second kappa shape index (κ2) is 12.0. The molecule has 1 aromatic carbocycles. The number of hydrogen-bond donors (Lipinski definition) is 2. The maximum Gasteiger partial charge on any atom is 0.393 e. The Kier molecular flexibility index (Phi) is 8.17. The van der Waals surface area contributed by atoms with Gasteiger partial charge < -0.3 is 24.7 Å². The van der Waals surface area contributed by atoms with Crippen LogP contribution in [0, 0.1) is 11.3 Å². The monoisotopic (exact) mass is 611 g/mol. The molecular weight excluding hydrogens is 579 g/mol. The SMILES string of the molecule is C=C1CO[C@H](Cn2c(C#N)cc3cc(CN4CCC(Nc5ncnc6sc(CC(F)(F)F)cc56)CC4)c(OC)cc32)CN1. The second-order valence-electron chi connectivity index (χ2n) is 11.0. The number of nitrogens with one attached hydrogen (secondary N) is 2. The Morgan fingerprint density at radius 2 is 2.05 bits per heavy atom. The van der Waals surface area contributed by atoms with Crippen LogP contribution in [0.1, 0.15) is 29.0 Å². The fourth-order valence-electron chi connectivity index (χ4n) is 5.82. The molecule has 2 aliphatic rings. The predicted octanol–water partition coefficient (Wildman–Crippen LogP) is 5.21. The molecule has 5 heterocycles. The molecule has 0 saturated carbocycles. The fourth-order valence-corrected chi connectivity index (χ4v) is 6.85. The number of benzene rings is 1. The van der Waals surface area contributed by atoms with Gasteiger partial charge in [-0.2, -0.15) is 18.4 Å². The van der Waals surface area contributed by atoms with Crippen molar-refractivity contribution < 1.29 is 22.6 Å². The smallest absolute Gasteiger partial charge is 0.393 e. The number of piperidine rings is 1. The van der Waals surface area contributed by atoms with Crippen LogP contribution >= 0.6 is 11.3 Å². The quantitative estimate of drug-likeness (QED) is 0.280. The van der Waals surface area contributed by atoms with Gasteiger partial charge in [-0.1, -0.05) is 6.58 Å². The first-order valence-electron chi connectivity index (χ1n) is 14.1. The van der Waals surface area contributed by atoms with E-state index in [-0.39, 0.29) is 17.0 Å². The molecule has 0 bridgehead atoms. The van der Waals surface area contributed by atoms with Crippen LogP contribution < -0.4 is 15.4 Å². The predicted molar refractivity (Wildman–Crippen MR) is 159 cm³/mol. The van der Waals surface area contributed by atoms with Gasteiger partial charge in [0.2, 0.25) is 0 Å². The van der Waals surface area contributed by atoms with Crippen molar-refractivity contribution in [3.05, 3.63) is 59.0 Å². The molecule has 0 amide bonds. The molecule has 0 aliphatic carbocycles. The lowest BCUT2D eigenvalue weighted by Crippen LogP contribution is -2.39. The van der Waals surface area contributed by atoms with Gasteiger partial charge in [0.1, 0.15) is 34.5 Å². The number of alkyl halides is 3. The van der Waals surface area contributed by atoms with E-state index in [2.05, 4.69) is 44.2 Å². The van der Waals surface area contributed by atoms with Crippen LogP contribution in [0.15, 0.2) is 42.9 Å². The first-order valence-corrected chi connectivity index (χ1v) is 14.9. The van der Waals surface area contributed by atoms with Gasteiger partial charge in [-0.25, -0.2) is 9.97 Å². The summed E-state index contributed by atoms with van der Waals surface area (Å²) < 4.78 is 52.4. The standard InChI is InChI=1S/C30H32F3N7O2S/c1-18-16-42-23(13-35-18)15-40-22(12-34)8-19-7-20(27(41-2)10-26(19)40)14-39-5-3-21(4-6-39)38-28-25-9-24(11-30(31,32)33)43-29(25)37-17-36-28/h7-10,17,21,23,35H,1,3-6,11,13-16H2,2H3,(H,36,37,38)/t23-/m0/s1. The Hall–Kier alpha value is -3.86. The van der Waals surface area contributed by atoms with E-state index in [9.17, 15) is 18.4 Å². The first-order chi connectivity index (χ1) is 20.7. The number of likely N-dealkylation sites (tertiary alicyclic amines) is 1. The van der Waals surface area contributed by atoms with E-state index >= 15 is 0 Å². The Morgan fingerprint density at radius 3 is 2.74 bits per heavy atom. The molecule has 2 aliphatic heterocycles. The van der Waals surface area contributed by atoms with Gasteiger partial charge in [-0.15, -0.1) is 11.3 Å². The van der Waals surface area contributed by atoms with Crippen molar-refractivity contribution >= 4 is 38.3 Å². The number of rotatable bonds is 8. The molecule has 0 unspecified atom stereocenters. The molecule has 4 aromatic rings. The summed E-state index contributed by atoms with van der Waals surface area (Å²) in [5.74, 6) is 1.35. The zero-order valence-electron chi connectivity index (χ0n) is 23.7. The third-order valence-corrected chi connectivity index (χ3v) is 9.00. The maximum absolute atomic E-state index is 12.9. The summed E-state index contributed by atoms with van der Waals surface area (Å²) in [6, 6.07) is 10.0. The number of methoxy groups -OCH3 is 1. The molecule has 0 spiro atoms. The van der Waals surface area contributed by atoms with Gasteiger partial charge in [0.25, 0.3) is 0 Å². The van der Waals surface area contributed by atoms with E-state index in [1.54, 1.807) is 13.2 Å². The minimum atomic E-state index is -4.26. The normalized spacial score (nSPS) is 18.6. The van der Waals surface area contributed by atoms with E-state index < -0.39 is 12.6 Å². The highest BCUT2D eigenvalue weighted by Gasteiger charge is 2.29. The third-order valence-electron chi connectivity index (χ3n) is 7.95. The van der Waals surface area contributed by atoms with E-state index in [0.29, 0.717) is 48.0 Å². The van der Waals surface area contributed by atoms with Gasteiger partial charge in [-0.05, 0) is 31.0 Å². The molecule has 226 valence electrons. The first kappa shape index (κ1) is 29.2. The highest BCUT2D eigenvalue weighted by atomic mass is 32.1. The molecule has 2 saturated heterocycles. The van der Waals surface area contributed by atoms with Crippen molar-refractivity contribution in [3.63, 3.8) is 0 Å². The summed E-state index contributed by atoms with van der Waals surface area (Å²) in [7, 11) is 1.66. The minimum Gasteiger partial charge on any atom is -0.496 e. The van der Waals surface area contributed by atoms with E-state index in [1.807, 2.05) is 16.7 Å². The number of hydrogen-bond acceptors (Lipinski definition) is 9. The molecule has 13 heteroatoms. The average Bonchev–Trinajstić information content (AvgIpc) is 3.54. The molecule has 2 N–H and O–H groups in total. The zero-order valence-corrected chi connectivity index (χ0v) is 24.5. The molecule has 0 radical (unpaired) electrons. The highest BCUT2D eigenvalue weighted by molar-refractivity contribution is 7.18. The Labute approximate surface area is 250 Å². The summed E-state index contributed by atoms with van der Waals surface area (Å²) in [5.41, 5.74) is 3.40. The van der Waals surface area contributed by atoms with Crippen molar-refractivity contribution in [3.8, 4) is 11.8 Å². The largest absolute Gasteiger partial charge is 0.496 e. The summed E-state index contributed by atoms with van der Waals surface area (Å²) in [5, 5.41) is 18.2. The molecular formula is C30H32F3N7O2S.